The lowest BCUT2D eigenvalue weighted by molar-refractivity contribution is 1.07. The fourth-order valence-corrected chi connectivity index (χ4v) is 11.1. The highest BCUT2D eigenvalue weighted by atomic mass is 15.0. The van der Waals surface area contributed by atoms with E-state index in [1.807, 2.05) is 36.4 Å². The van der Waals surface area contributed by atoms with Crippen molar-refractivity contribution in [1.82, 2.24) is 15.0 Å². The zero-order valence-electron chi connectivity index (χ0n) is 40.0. The molecule has 0 fully saturated rings. The Kier molecular flexibility index (Phi) is 10.2. The van der Waals surface area contributed by atoms with E-state index < -0.39 is 0 Å². The Morgan fingerprint density at radius 1 is 0.243 bits per heavy atom. The number of hydrogen-bond donors (Lipinski definition) is 0. The van der Waals surface area contributed by atoms with Gasteiger partial charge in [-0.1, -0.05) is 224 Å². The van der Waals surface area contributed by atoms with Gasteiger partial charge in [0.2, 0.25) is 0 Å². The molecule has 1 aromatic heterocycles. The molecule has 342 valence electrons. The molecule has 0 amide bonds. The van der Waals surface area contributed by atoms with Gasteiger partial charge < -0.3 is 0 Å². The molecule has 0 atom stereocenters. The molecule has 0 saturated heterocycles. The third kappa shape index (κ3) is 7.34. The first-order valence-electron chi connectivity index (χ1n) is 25.0. The summed E-state index contributed by atoms with van der Waals surface area (Å²) in [7, 11) is 0. The molecule has 14 rings (SSSR count). The maximum Gasteiger partial charge on any atom is 0.164 e. The SMILES string of the molecule is N#Cc1cc(-c2cccc(-c3cc4ccccc4c4ccccc34)c2)ccc1-c1cccc(-c2cccc(-c3nc(-c4ccccc4)nc(-c4ccc(-c5ccc6c7c(cccc57)-c5ccccc5-6)cc4)n3)c2)c1. The van der Waals surface area contributed by atoms with E-state index in [9.17, 15) is 5.26 Å². The minimum Gasteiger partial charge on any atom is -0.208 e. The standard InChI is InChI=1S/C70H42N4/c71-43-55-41-50(48-18-11-21-52(39-48)66-42-53-16-4-5-23-57(53)59-24-6-9-27-62(59)66)34-35-56(55)51-20-10-17-47(38-51)49-19-12-22-54(40-49)70-73-68(45-14-2-1-3-15-45)72-69(74-70)46-32-30-44(31-33-46)58-36-37-65-61-26-8-7-25-60(61)64-29-13-28-63(58)67(64)65/h1-42H. The van der Waals surface area contributed by atoms with E-state index in [1.165, 1.54) is 65.7 Å². The summed E-state index contributed by atoms with van der Waals surface area (Å²) >= 11 is 0. The van der Waals surface area contributed by atoms with Crippen LogP contribution in [0.4, 0.5) is 0 Å². The van der Waals surface area contributed by atoms with Crippen molar-refractivity contribution in [3.05, 3.63) is 260 Å². The largest absolute Gasteiger partial charge is 0.208 e. The lowest BCUT2D eigenvalue weighted by atomic mass is 9.90. The van der Waals surface area contributed by atoms with Gasteiger partial charge in [-0.15, -0.1) is 0 Å². The van der Waals surface area contributed by atoms with Gasteiger partial charge in [0.25, 0.3) is 0 Å². The van der Waals surface area contributed by atoms with Crippen LogP contribution in [0.5, 0.6) is 0 Å². The highest BCUT2D eigenvalue weighted by Gasteiger charge is 2.23. The van der Waals surface area contributed by atoms with Gasteiger partial charge in [0.1, 0.15) is 0 Å². The Balaban J connectivity index is 0.782. The van der Waals surface area contributed by atoms with Crippen molar-refractivity contribution in [2.45, 2.75) is 0 Å². The van der Waals surface area contributed by atoms with Crippen molar-refractivity contribution in [1.29, 1.82) is 5.26 Å². The molecule has 74 heavy (non-hydrogen) atoms. The second kappa shape index (κ2) is 17.6. The zero-order chi connectivity index (χ0) is 49.1. The maximum atomic E-state index is 10.6. The molecule has 0 aliphatic heterocycles. The molecule has 13 aromatic rings. The van der Waals surface area contributed by atoms with Crippen LogP contribution in [0.2, 0.25) is 0 Å². The first kappa shape index (κ1) is 42.8. The summed E-state index contributed by atoms with van der Waals surface area (Å²) in [6, 6.07) is 92.2. The smallest absolute Gasteiger partial charge is 0.164 e. The minimum atomic E-state index is 0.586. The summed E-state index contributed by atoms with van der Waals surface area (Å²) in [6.45, 7) is 0. The monoisotopic (exact) mass is 938 g/mol. The Morgan fingerprint density at radius 3 is 1.38 bits per heavy atom. The van der Waals surface area contributed by atoms with Crippen LogP contribution in [0.1, 0.15) is 5.56 Å². The van der Waals surface area contributed by atoms with Crippen LogP contribution in [-0.4, -0.2) is 15.0 Å². The maximum absolute atomic E-state index is 10.6. The van der Waals surface area contributed by atoms with Crippen LogP contribution in [0.15, 0.2) is 255 Å². The van der Waals surface area contributed by atoms with Crippen molar-refractivity contribution in [3.63, 3.8) is 0 Å². The molecule has 0 unspecified atom stereocenters. The second-order valence-corrected chi connectivity index (χ2v) is 19.0. The fourth-order valence-electron chi connectivity index (χ4n) is 11.1. The highest BCUT2D eigenvalue weighted by Crippen LogP contribution is 2.49. The zero-order valence-corrected chi connectivity index (χ0v) is 40.0. The van der Waals surface area contributed by atoms with E-state index in [0.717, 1.165) is 61.2 Å². The molecule has 0 N–H and O–H groups in total. The van der Waals surface area contributed by atoms with E-state index in [-0.39, 0.29) is 0 Å². The fraction of sp³-hybridized carbons (Fsp3) is 0. The summed E-state index contributed by atoms with van der Waals surface area (Å²) in [6.07, 6.45) is 0. The van der Waals surface area contributed by atoms with Crippen molar-refractivity contribution in [2.24, 2.45) is 0 Å². The molecule has 4 heteroatoms. The first-order valence-corrected chi connectivity index (χ1v) is 25.0. The average Bonchev–Trinajstić information content (AvgIpc) is 3.82. The molecule has 1 aliphatic carbocycles. The number of nitrogens with zero attached hydrogens (tertiary/aromatic N) is 4. The van der Waals surface area contributed by atoms with Gasteiger partial charge in [-0.25, -0.2) is 15.0 Å². The third-order valence-electron chi connectivity index (χ3n) is 14.7. The predicted molar refractivity (Wildman–Crippen MR) is 305 cm³/mol. The van der Waals surface area contributed by atoms with Crippen molar-refractivity contribution in [3.8, 4) is 118 Å². The third-order valence-corrected chi connectivity index (χ3v) is 14.7. The van der Waals surface area contributed by atoms with Crippen molar-refractivity contribution in [2.75, 3.05) is 0 Å². The topological polar surface area (TPSA) is 62.5 Å². The Labute approximate surface area is 428 Å². The van der Waals surface area contributed by atoms with Gasteiger partial charge in [-0.3, -0.25) is 0 Å². The van der Waals surface area contributed by atoms with Crippen LogP contribution in [0.25, 0.3) is 144 Å². The molecule has 1 heterocycles. The van der Waals surface area contributed by atoms with Gasteiger partial charge in [-0.05, 0) is 141 Å². The summed E-state index contributed by atoms with van der Waals surface area (Å²) < 4.78 is 0. The number of benzene rings is 12. The lowest BCUT2D eigenvalue weighted by Gasteiger charge is -2.13. The first-order chi connectivity index (χ1) is 36.6. The summed E-state index contributed by atoms with van der Waals surface area (Å²) in [5.74, 6) is 1.80. The second-order valence-electron chi connectivity index (χ2n) is 19.0. The van der Waals surface area contributed by atoms with E-state index in [4.69, 9.17) is 15.0 Å². The molecule has 1 aliphatic rings. The van der Waals surface area contributed by atoms with E-state index >= 15 is 0 Å². The highest BCUT2D eigenvalue weighted by molar-refractivity contribution is 6.19. The predicted octanol–water partition coefficient (Wildman–Crippen LogP) is 18.2. The molecule has 0 radical (unpaired) electrons. The molecule has 0 bridgehead atoms. The summed E-state index contributed by atoms with van der Waals surface area (Å²) in [4.78, 5) is 15.3. The van der Waals surface area contributed by atoms with E-state index in [1.54, 1.807) is 0 Å². The normalized spacial score (nSPS) is 11.5. The van der Waals surface area contributed by atoms with Crippen LogP contribution in [0.3, 0.4) is 0 Å². The molecule has 0 spiro atoms. The van der Waals surface area contributed by atoms with E-state index in [0.29, 0.717) is 23.0 Å². The molecule has 4 nitrogen and oxygen atoms in total. The van der Waals surface area contributed by atoms with Crippen molar-refractivity contribution < 1.29 is 0 Å². The van der Waals surface area contributed by atoms with Gasteiger partial charge in [0, 0.05) is 16.7 Å². The Bertz CT molecular complexity index is 4400. The summed E-state index contributed by atoms with van der Waals surface area (Å²) in [5.41, 5.74) is 19.1. The molecule has 0 saturated carbocycles. The average molecular weight is 939 g/mol. The minimum absolute atomic E-state index is 0.586. The van der Waals surface area contributed by atoms with Crippen molar-refractivity contribution >= 4 is 32.3 Å². The Morgan fingerprint density at radius 2 is 0.676 bits per heavy atom. The van der Waals surface area contributed by atoms with Gasteiger partial charge in [0.05, 0.1) is 11.6 Å². The van der Waals surface area contributed by atoms with Gasteiger partial charge >= 0.3 is 0 Å². The number of aromatic nitrogens is 3. The number of hydrogen-bond acceptors (Lipinski definition) is 4. The summed E-state index contributed by atoms with van der Waals surface area (Å²) in [5, 5.41) is 18.1. The van der Waals surface area contributed by atoms with E-state index in [2.05, 4.69) is 224 Å². The molecule has 12 aromatic carbocycles. The Hall–Kier alpha value is -10.1. The quantitative estimate of drug-likeness (QED) is 0.142. The number of rotatable bonds is 8. The lowest BCUT2D eigenvalue weighted by Crippen LogP contribution is -2.00. The van der Waals surface area contributed by atoms with Crippen LogP contribution in [-0.2, 0) is 0 Å². The molecular formula is C70H42N4. The van der Waals surface area contributed by atoms with Gasteiger partial charge in [-0.2, -0.15) is 5.26 Å². The number of fused-ring (bicyclic) bond motifs is 6. The van der Waals surface area contributed by atoms with Gasteiger partial charge in [0.15, 0.2) is 17.5 Å². The van der Waals surface area contributed by atoms with Crippen LogP contribution < -0.4 is 0 Å². The number of nitriles is 1. The molecular weight excluding hydrogens is 897 g/mol. The van der Waals surface area contributed by atoms with Crippen LogP contribution >= 0.6 is 0 Å². The van der Waals surface area contributed by atoms with Crippen LogP contribution in [0, 0.1) is 11.3 Å².